The van der Waals surface area contributed by atoms with Crippen LogP contribution >= 0.6 is 0 Å². The molecule has 1 N–H and O–H groups in total. The van der Waals surface area contributed by atoms with Gasteiger partial charge in [-0.15, -0.1) is 0 Å². The highest BCUT2D eigenvalue weighted by Gasteiger charge is 2.09. The molecular weight excluding hydrogens is 252 g/mol. The van der Waals surface area contributed by atoms with Crippen LogP contribution in [0.15, 0.2) is 24.3 Å². The van der Waals surface area contributed by atoms with Crippen molar-refractivity contribution >= 4 is 5.91 Å². The van der Waals surface area contributed by atoms with Gasteiger partial charge in [0, 0.05) is 25.2 Å². The molecule has 0 aromatic heterocycles. The van der Waals surface area contributed by atoms with Crippen molar-refractivity contribution < 1.29 is 9.53 Å². The molecule has 1 amide bonds. The Labute approximate surface area is 121 Å². The summed E-state index contributed by atoms with van der Waals surface area (Å²) in [5.74, 6) is 0.0244. The zero-order valence-corrected chi connectivity index (χ0v) is 12.2. The molecule has 0 spiro atoms. The summed E-state index contributed by atoms with van der Waals surface area (Å²) in [6.07, 6.45) is 2.14. The lowest BCUT2D eigenvalue weighted by Gasteiger charge is -2.26. The molecule has 1 aromatic rings. The minimum absolute atomic E-state index is 0.0244. The quantitative estimate of drug-likeness (QED) is 0.806. The van der Waals surface area contributed by atoms with Crippen molar-refractivity contribution in [3.05, 3.63) is 35.4 Å². The van der Waals surface area contributed by atoms with E-state index in [1.165, 1.54) is 5.56 Å². The second-order valence-electron chi connectivity index (χ2n) is 5.28. The van der Waals surface area contributed by atoms with Gasteiger partial charge in [-0.25, -0.2) is 0 Å². The third-order valence-corrected chi connectivity index (χ3v) is 3.60. The molecule has 0 atom stereocenters. The standard InChI is InChI=1S/C16H24N2O2/c1-14-4-6-15(7-5-14)16(19)17-8-2-3-9-18-10-12-20-13-11-18/h4-7H,2-3,8-13H2,1H3,(H,17,19). The van der Waals surface area contributed by atoms with Crippen molar-refractivity contribution in [2.45, 2.75) is 19.8 Å². The molecular formula is C16H24N2O2. The minimum Gasteiger partial charge on any atom is -0.379 e. The van der Waals surface area contributed by atoms with Crippen molar-refractivity contribution in [2.24, 2.45) is 0 Å². The fourth-order valence-electron chi connectivity index (χ4n) is 2.29. The third-order valence-electron chi connectivity index (χ3n) is 3.60. The van der Waals surface area contributed by atoms with E-state index in [4.69, 9.17) is 4.74 Å². The minimum atomic E-state index is 0.0244. The lowest BCUT2D eigenvalue weighted by Crippen LogP contribution is -2.37. The smallest absolute Gasteiger partial charge is 0.251 e. The number of morpholine rings is 1. The number of unbranched alkanes of at least 4 members (excludes halogenated alkanes) is 1. The summed E-state index contributed by atoms with van der Waals surface area (Å²) in [7, 11) is 0. The maximum absolute atomic E-state index is 11.9. The van der Waals surface area contributed by atoms with Crippen molar-refractivity contribution in [3.63, 3.8) is 0 Å². The van der Waals surface area contributed by atoms with E-state index in [2.05, 4.69) is 10.2 Å². The predicted molar refractivity (Wildman–Crippen MR) is 80.0 cm³/mol. The van der Waals surface area contributed by atoms with Crippen LogP contribution < -0.4 is 5.32 Å². The Kier molecular flexibility index (Phi) is 6.02. The largest absolute Gasteiger partial charge is 0.379 e. The number of nitrogens with zero attached hydrogens (tertiary/aromatic N) is 1. The molecule has 0 saturated carbocycles. The molecule has 1 heterocycles. The zero-order chi connectivity index (χ0) is 14.2. The van der Waals surface area contributed by atoms with Crippen molar-refractivity contribution in [1.29, 1.82) is 0 Å². The van der Waals surface area contributed by atoms with Gasteiger partial charge >= 0.3 is 0 Å². The van der Waals surface area contributed by atoms with Crippen LogP contribution in [0.25, 0.3) is 0 Å². The van der Waals surface area contributed by atoms with E-state index in [0.29, 0.717) is 0 Å². The molecule has 20 heavy (non-hydrogen) atoms. The summed E-state index contributed by atoms with van der Waals surface area (Å²) in [5, 5.41) is 2.97. The van der Waals surface area contributed by atoms with Crippen molar-refractivity contribution in [3.8, 4) is 0 Å². The van der Waals surface area contributed by atoms with Gasteiger partial charge in [-0.2, -0.15) is 0 Å². The molecule has 2 rings (SSSR count). The SMILES string of the molecule is Cc1ccc(C(=O)NCCCCN2CCOCC2)cc1. The highest BCUT2D eigenvalue weighted by Crippen LogP contribution is 2.03. The van der Waals surface area contributed by atoms with E-state index in [1.54, 1.807) is 0 Å². The van der Waals surface area contributed by atoms with E-state index >= 15 is 0 Å². The molecule has 1 aliphatic rings. The molecule has 0 radical (unpaired) electrons. The van der Waals surface area contributed by atoms with Crippen molar-refractivity contribution in [1.82, 2.24) is 10.2 Å². The van der Waals surface area contributed by atoms with Crippen LogP contribution in [0.5, 0.6) is 0 Å². The highest BCUT2D eigenvalue weighted by atomic mass is 16.5. The average Bonchev–Trinajstić information content (AvgIpc) is 2.48. The number of ether oxygens (including phenoxy) is 1. The van der Waals surface area contributed by atoms with Crippen LogP contribution in [0.1, 0.15) is 28.8 Å². The van der Waals surface area contributed by atoms with Gasteiger partial charge in [0.1, 0.15) is 0 Å². The van der Waals surface area contributed by atoms with E-state index in [0.717, 1.165) is 57.8 Å². The van der Waals surface area contributed by atoms with Gasteiger partial charge in [0.05, 0.1) is 13.2 Å². The Hall–Kier alpha value is -1.39. The van der Waals surface area contributed by atoms with Crippen LogP contribution in [-0.2, 0) is 4.74 Å². The first-order valence-electron chi connectivity index (χ1n) is 7.41. The molecule has 1 fully saturated rings. The lowest BCUT2D eigenvalue weighted by molar-refractivity contribution is 0.0372. The summed E-state index contributed by atoms with van der Waals surface area (Å²) in [6.45, 7) is 7.65. The Morgan fingerprint density at radius 2 is 1.90 bits per heavy atom. The number of rotatable bonds is 6. The topological polar surface area (TPSA) is 41.6 Å². The maximum Gasteiger partial charge on any atom is 0.251 e. The van der Waals surface area contributed by atoms with Crippen LogP contribution in [-0.4, -0.2) is 50.2 Å². The number of hydrogen-bond acceptors (Lipinski definition) is 3. The Morgan fingerprint density at radius 1 is 1.20 bits per heavy atom. The highest BCUT2D eigenvalue weighted by molar-refractivity contribution is 5.94. The fourth-order valence-corrected chi connectivity index (χ4v) is 2.29. The molecule has 1 aromatic carbocycles. The normalized spacial score (nSPS) is 16.1. The number of amides is 1. The fraction of sp³-hybridized carbons (Fsp3) is 0.562. The Bertz CT molecular complexity index is 411. The molecule has 0 unspecified atom stereocenters. The predicted octanol–water partition coefficient (Wildman–Crippen LogP) is 1.84. The first-order valence-corrected chi connectivity index (χ1v) is 7.41. The van der Waals surface area contributed by atoms with E-state index in [-0.39, 0.29) is 5.91 Å². The average molecular weight is 276 g/mol. The van der Waals surface area contributed by atoms with Crippen LogP contribution in [0.4, 0.5) is 0 Å². The summed E-state index contributed by atoms with van der Waals surface area (Å²) in [6, 6.07) is 7.68. The molecule has 1 aliphatic heterocycles. The van der Waals surface area contributed by atoms with E-state index < -0.39 is 0 Å². The van der Waals surface area contributed by atoms with Crippen LogP contribution in [0, 0.1) is 6.92 Å². The zero-order valence-electron chi connectivity index (χ0n) is 12.2. The van der Waals surface area contributed by atoms with Gasteiger partial charge in [-0.05, 0) is 38.4 Å². The number of aryl methyl sites for hydroxylation is 1. The van der Waals surface area contributed by atoms with E-state index in [1.807, 2.05) is 31.2 Å². The molecule has 1 saturated heterocycles. The van der Waals surface area contributed by atoms with Crippen LogP contribution in [0.2, 0.25) is 0 Å². The Balaban J connectivity index is 1.58. The summed E-state index contributed by atoms with van der Waals surface area (Å²) >= 11 is 0. The van der Waals surface area contributed by atoms with Gasteiger partial charge < -0.3 is 10.1 Å². The number of hydrogen-bond donors (Lipinski definition) is 1. The van der Waals surface area contributed by atoms with Gasteiger partial charge in [-0.1, -0.05) is 17.7 Å². The lowest BCUT2D eigenvalue weighted by atomic mass is 10.1. The van der Waals surface area contributed by atoms with E-state index in [9.17, 15) is 4.79 Å². The number of nitrogens with one attached hydrogen (secondary N) is 1. The number of carbonyl (C=O) groups is 1. The maximum atomic E-state index is 11.9. The molecule has 110 valence electrons. The second-order valence-corrected chi connectivity index (χ2v) is 5.28. The first-order chi connectivity index (χ1) is 9.75. The molecule has 0 aliphatic carbocycles. The molecule has 4 heteroatoms. The third kappa shape index (κ3) is 4.94. The summed E-state index contributed by atoms with van der Waals surface area (Å²) in [4.78, 5) is 14.3. The van der Waals surface area contributed by atoms with Gasteiger partial charge in [0.15, 0.2) is 0 Å². The number of carbonyl (C=O) groups excluding carboxylic acids is 1. The summed E-state index contributed by atoms with van der Waals surface area (Å²) in [5.41, 5.74) is 1.91. The first kappa shape index (κ1) is 15.0. The molecule has 4 nitrogen and oxygen atoms in total. The Morgan fingerprint density at radius 3 is 2.60 bits per heavy atom. The number of benzene rings is 1. The van der Waals surface area contributed by atoms with Gasteiger partial charge in [-0.3, -0.25) is 9.69 Å². The second kappa shape index (κ2) is 8.02. The van der Waals surface area contributed by atoms with Gasteiger partial charge in [0.2, 0.25) is 0 Å². The monoisotopic (exact) mass is 276 g/mol. The van der Waals surface area contributed by atoms with Gasteiger partial charge in [0.25, 0.3) is 5.91 Å². The van der Waals surface area contributed by atoms with Crippen LogP contribution in [0.3, 0.4) is 0 Å². The van der Waals surface area contributed by atoms with Crippen molar-refractivity contribution in [2.75, 3.05) is 39.4 Å². The summed E-state index contributed by atoms with van der Waals surface area (Å²) < 4.78 is 5.32. The molecule has 0 bridgehead atoms.